The van der Waals surface area contributed by atoms with Crippen LogP contribution >= 0.6 is 0 Å². The van der Waals surface area contributed by atoms with Crippen molar-refractivity contribution in [1.29, 1.82) is 0 Å². The Labute approximate surface area is 153 Å². The van der Waals surface area contributed by atoms with Gasteiger partial charge in [0.25, 0.3) is 0 Å². The van der Waals surface area contributed by atoms with Crippen molar-refractivity contribution in [2.75, 3.05) is 12.4 Å². The summed E-state index contributed by atoms with van der Waals surface area (Å²) in [6, 6.07) is 9.65. The van der Waals surface area contributed by atoms with Crippen molar-refractivity contribution < 1.29 is 13.5 Å². The fourth-order valence-corrected chi connectivity index (χ4v) is 2.92. The summed E-state index contributed by atoms with van der Waals surface area (Å²) < 4.78 is 34.6. The second kappa shape index (κ2) is 6.99. The molecule has 0 spiro atoms. The van der Waals surface area contributed by atoms with Gasteiger partial charge in [-0.15, -0.1) is 10.2 Å². The minimum Gasteiger partial charge on any atom is -0.496 e. The van der Waals surface area contributed by atoms with Crippen LogP contribution in [-0.4, -0.2) is 26.7 Å². The third-order valence-electron chi connectivity index (χ3n) is 4.21. The zero-order chi connectivity index (χ0) is 18.8. The third-order valence-corrected chi connectivity index (χ3v) is 4.21. The third kappa shape index (κ3) is 3.17. The van der Waals surface area contributed by atoms with Crippen LogP contribution in [0.25, 0.3) is 16.8 Å². The molecule has 27 heavy (non-hydrogen) atoms. The Morgan fingerprint density at radius 3 is 2.85 bits per heavy atom. The number of methoxy groups -OCH3 is 1. The van der Waals surface area contributed by atoms with Gasteiger partial charge in [0.15, 0.2) is 5.65 Å². The number of rotatable bonds is 5. The van der Waals surface area contributed by atoms with Gasteiger partial charge in [0, 0.05) is 29.4 Å². The quantitative estimate of drug-likeness (QED) is 0.583. The van der Waals surface area contributed by atoms with E-state index in [9.17, 15) is 8.78 Å². The summed E-state index contributed by atoms with van der Waals surface area (Å²) in [5.41, 5.74) is 2.23. The molecule has 136 valence electrons. The van der Waals surface area contributed by atoms with E-state index in [1.807, 2.05) is 0 Å². The van der Waals surface area contributed by atoms with Crippen molar-refractivity contribution in [2.45, 2.75) is 6.54 Å². The average Bonchev–Trinajstić information content (AvgIpc) is 3.16. The Balaban J connectivity index is 1.69. The first-order valence-corrected chi connectivity index (χ1v) is 8.16. The first kappa shape index (κ1) is 16.9. The lowest BCUT2D eigenvalue weighted by atomic mass is 10.1. The minimum atomic E-state index is -0.431. The zero-order valence-electron chi connectivity index (χ0n) is 14.4. The molecule has 3 heterocycles. The molecule has 0 aliphatic heterocycles. The summed E-state index contributed by atoms with van der Waals surface area (Å²) in [5.74, 6) is 0.335. The van der Waals surface area contributed by atoms with Gasteiger partial charge in [-0.3, -0.25) is 9.38 Å². The van der Waals surface area contributed by atoms with Gasteiger partial charge in [0.2, 0.25) is 0 Å². The molecule has 0 fully saturated rings. The Kier molecular flexibility index (Phi) is 4.37. The molecule has 1 N–H and O–H groups in total. The van der Waals surface area contributed by atoms with Crippen LogP contribution in [0.15, 0.2) is 55.1 Å². The van der Waals surface area contributed by atoms with Crippen LogP contribution < -0.4 is 10.1 Å². The van der Waals surface area contributed by atoms with Gasteiger partial charge >= 0.3 is 0 Å². The molecule has 6 nitrogen and oxygen atoms in total. The van der Waals surface area contributed by atoms with E-state index in [0.29, 0.717) is 33.9 Å². The smallest absolute Gasteiger partial charge is 0.170 e. The SMILES string of the molecule is COc1cccc(F)c1CNc1ccc(-c2cncc(F)c2)c2nncn12. The largest absolute Gasteiger partial charge is 0.496 e. The van der Waals surface area contributed by atoms with E-state index in [4.69, 9.17) is 4.74 Å². The number of hydrogen-bond donors (Lipinski definition) is 1. The lowest BCUT2D eigenvalue weighted by Crippen LogP contribution is -2.07. The van der Waals surface area contributed by atoms with E-state index < -0.39 is 5.82 Å². The van der Waals surface area contributed by atoms with E-state index in [1.54, 1.807) is 34.9 Å². The number of nitrogens with zero attached hydrogens (tertiary/aromatic N) is 4. The maximum atomic E-state index is 14.1. The molecule has 0 saturated carbocycles. The first-order chi connectivity index (χ1) is 13.2. The maximum absolute atomic E-state index is 14.1. The van der Waals surface area contributed by atoms with Crippen LogP contribution in [0, 0.1) is 11.6 Å². The Morgan fingerprint density at radius 1 is 1.15 bits per heavy atom. The van der Waals surface area contributed by atoms with Crippen molar-refractivity contribution in [3.63, 3.8) is 0 Å². The maximum Gasteiger partial charge on any atom is 0.170 e. The van der Waals surface area contributed by atoms with Crippen molar-refractivity contribution in [3.8, 4) is 16.9 Å². The van der Waals surface area contributed by atoms with Gasteiger partial charge in [-0.2, -0.15) is 0 Å². The Bertz CT molecular complexity index is 1110. The van der Waals surface area contributed by atoms with Crippen LogP contribution in [0.4, 0.5) is 14.6 Å². The summed E-state index contributed by atoms with van der Waals surface area (Å²) in [6.07, 6.45) is 4.24. The number of anilines is 1. The van der Waals surface area contributed by atoms with E-state index in [2.05, 4.69) is 20.5 Å². The number of ether oxygens (including phenoxy) is 1. The predicted octanol–water partition coefficient (Wildman–Crippen LogP) is 3.69. The minimum absolute atomic E-state index is 0.212. The van der Waals surface area contributed by atoms with Crippen molar-refractivity contribution in [1.82, 2.24) is 19.6 Å². The van der Waals surface area contributed by atoms with Crippen LogP contribution in [0.2, 0.25) is 0 Å². The lowest BCUT2D eigenvalue weighted by molar-refractivity contribution is 0.405. The molecule has 4 rings (SSSR count). The number of fused-ring (bicyclic) bond motifs is 1. The van der Waals surface area contributed by atoms with E-state index in [0.717, 1.165) is 6.20 Å². The molecule has 0 unspecified atom stereocenters. The molecule has 4 aromatic rings. The molecular formula is C19H15F2N5O. The van der Waals surface area contributed by atoms with Gasteiger partial charge in [0.1, 0.15) is 29.5 Å². The number of halogens is 2. The summed E-state index contributed by atoms with van der Waals surface area (Å²) in [6.45, 7) is 0.212. The van der Waals surface area contributed by atoms with Gasteiger partial charge in [0.05, 0.1) is 13.3 Å². The highest BCUT2D eigenvalue weighted by molar-refractivity contribution is 5.78. The highest BCUT2D eigenvalue weighted by Crippen LogP contribution is 2.27. The molecular weight excluding hydrogens is 352 g/mol. The van der Waals surface area contributed by atoms with Crippen LogP contribution in [-0.2, 0) is 6.54 Å². The van der Waals surface area contributed by atoms with Crippen molar-refractivity contribution in [3.05, 3.63) is 72.3 Å². The summed E-state index contributed by atoms with van der Waals surface area (Å²) >= 11 is 0. The fourth-order valence-electron chi connectivity index (χ4n) is 2.92. The van der Waals surface area contributed by atoms with Gasteiger partial charge in [-0.25, -0.2) is 8.78 Å². The molecule has 0 radical (unpaired) electrons. The lowest BCUT2D eigenvalue weighted by Gasteiger charge is -2.13. The van der Waals surface area contributed by atoms with E-state index in [1.165, 1.54) is 25.6 Å². The molecule has 3 aromatic heterocycles. The highest BCUT2D eigenvalue weighted by atomic mass is 19.1. The number of hydrogen-bond acceptors (Lipinski definition) is 5. The predicted molar refractivity (Wildman–Crippen MR) is 96.5 cm³/mol. The standard InChI is InChI=1S/C19H15F2N5O/c1-27-17-4-2-3-16(21)15(17)10-23-18-6-5-14(19-25-24-11-26(18)19)12-7-13(20)9-22-8-12/h2-9,11,23H,10H2,1H3. The Morgan fingerprint density at radius 2 is 2.04 bits per heavy atom. The molecule has 0 bridgehead atoms. The monoisotopic (exact) mass is 367 g/mol. The van der Waals surface area contributed by atoms with Crippen molar-refractivity contribution in [2.24, 2.45) is 0 Å². The molecule has 8 heteroatoms. The molecule has 0 aliphatic carbocycles. The number of nitrogens with one attached hydrogen (secondary N) is 1. The van der Waals surface area contributed by atoms with E-state index >= 15 is 0 Å². The number of pyridine rings is 2. The molecule has 0 atom stereocenters. The second-order valence-corrected chi connectivity index (χ2v) is 5.82. The first-order valence-electron chi connectivity index (χ1n) is 8.16. The summed E-state index contributed by atoms with van der Waals surface area (Å²) in [7, 11) is 1.50. The second-order valence-electron chi connectivity index (χ2n) is 5.82. The molecule has 0 amide bonds. The summed E-state index contributed by atoms with van der Waals surface area (Å²) in [5, 5.41) is 11.2. The molecule has 0 aliphatic rings. The average molecular weight is 367 g/mol. The van der Waals surface area contributed by atoms with E-state index in [-0.39, 0.29) is 12.4 Å². The van der Waals surface area contributed by atoms with Gasteiger partial charge in [-0.05, 0) is 30.3 Å². The zero-order valence-corrected chi connectivity index (χ0v) is 14.4. The number of benzene rings is 1. The highest BCUT2D eigenvalue weighted by Gasteiger charge is 2.13. The number of aromatic nitrogens is 4. The topological polar surface area (TPSA) is 64.3 Å². The van der Waals surface area contributed by atoms with Gasteiger partial charge in [-0.1, -0.05) is 6.07 Å². The summed E-state index contributed by atoms with van der Waals surface area (Å²) in [4.78, 5) is 3.88. The van der Waals surface area contributed by atoms with Crippen molar-refractivity contribution >= 4 is 11.5 Å². The fraction of sp³-hybridized carbons (Fsp3) is 0.105. The normalized spacial score (nSPS) is 10.9. The Hall–Kier alpha value is -3.55. The molecule has 0 saturated heterocycles. The van der Waals surface area contributed by atoms with Crippen LogP contribution in [0.1, 0.15) is 5.56 Å². The van der Waals surface area contributed by atoms with Gasteiger partial charge < -0.3 is 10.1 Å². The van der Waals surface area contributed by atoms with Crippen LogP contribution in [0.3, 0.4) is 0 Å². The molecule has 1 aromatic carbocycles. The van der Waals surface area contributed by atoms with Crippen LogP contribution in [0.5, 0.6) is 5.75 Å².